The molecule has 1 aromatic heterocycles. The number of ether oxygens (including phenoxy) is 2. The minimum atomic E-state index is -0.504. The van der Waals surface area contributed by atoms with Crippen molar-refractivity contribution in [1.82, 2.24) is 14.9 Å². The molecule has 0 bridgehead atoms. The average Bonchev–Trinajstić information content (AvgIpc) is 3.14. The minimum absolute atomic E-state index is 0.121. The number of nitrogens with one attached hydrogen (secondary N) is 1. The van der Waals surface area contributed by atoms with Gasteiger partial charge in [-0.15, -0.1) is 0 Å². The quantitative estimate of drug-likeness (QED) is 0.662. The van der Waals surface area contributed by atoms with Crippen LogP contribution in [0.15, 0.2) is 60.9 Å². The van der Waals surface area contributed by atoms with E-state index in [-0.39, 0.29) is 31.4 Å². The Morgan fingerprint density at radius 1 is 1.26 bits per heavy atom. The first-order chi connectivity index (χ1) is 15.1. The predicted molar refractivity (Wildman–Crippen MR) is 115 cm³/mol. The number of hydrogen-bond donors (Lipinski definition) is 1. The molecule has 160 valence electrons. The van der Waals surface area contributed by atoms with Gasteiger partial charge in [-0.3, -0.25) is 14.5 Å². The van der Waals surface area contributed by atoms with Crippen molar-refractivity contribution < 1.29 is 19.1 Å². The third-order valence-electron chi connectivity index (χ3n) is 5.18. The Hall–Kier alpha value is -3.81. The molecule has 3 aromatic rings. The second kappa shape index (κ2) is 8.91. The van der Waals surface area contributed by atoms with Gasteiger partial charge in [0, 0.05) is 19.4 Å². The van der Waals surface area contributed by atoms with Crippen LogP contribution in [0.5, 0.6) is 11.5 Å². The van der Waals surface area contributed by atoms with Gasteiger partial charge in [-0.2, -0.15) is 0 Å². The standard InChI is InChI=1S/C23H24N4O4/c1-26-12-11-24-23(26)22(16-6-5-7-17(14-16)30-2)25-20(28)15-27-18-8-3-4-9-19(18)31-13-10-21(27)29/h3-9,11-12,14,22H,10,13,15H2,1-2H3,(H,25,28)/t22-/m0/s1. The third kappa shape index (κ3) is 4.37. The van der Waals surface area contributed by atoms with Crippen LogP contribution in [0.1, 0.15) is 23.9 Å². The van der Waals surface area contributed by atoms with Gasteiger partial charge >= 0.3 is 0 Å². The zero-order valence-electron chi connectivity index (χ0n) is 17.4. The maximum absolute atomic E-state index is 13.1. The second-order valence-electron chi connectivity index (χ2n) is 7.22. The van der Waals surface area contributed by atoms with Crippen LogP contribution in [-0.2, 0) is 16.6 Å². The number of carbonyl (C=O) groups is 2. The third-order valence-corrected chi connectivity index (χ3v) is 5.18. The maximum Gasteiger partial charge on any atom is 0.240 e. The summed E-state index contributed by atoms with van der Waals surface area (Å²) < 4.78 is 12.9. The molecule has 0 radical (unpaired) electrons. The lowest BCUT2D eigenvalue weighted by atomic mass is 10.1. The molecule has 4 rings (SSSR count). The number of anilines is 1. The van der Waals surface area contributed by atoms with Crippen molar-refractivity contribution in [2.75, 3.05) is 25.2 Å². The molecular formula is C23H24N4O4. The van der Waals surface area contributed by atoms with Gasteiger partial charge in [0.1, 0.15) is 29.9 Å². The molecule has 0 spiro atoms. The Bertz CT molecular complexity index is 1090. The van der Waals surface area contributed by atoms with Gasteiger partial charge in [0.25, 0.3) is 0 Å². The van der Waals surface area contributed by atoms with E-state index in [0.717, 1.165) is 5.56 Å². The number of imidazole rings is 1. The molecule has 0 unspecified atom stereocenters. The molecule has 0 aliphatic carbocycles. The van der Waals surface area contributed by atoms with Crippen LogP contribution >= 0.6 is 0 Å². The summed E-state index contributed by atoms with van der Waals surface area (Å²) in [5, 5.41) is 3.03. The van der Waals surface area contributed by atoms with E-state index < -0.39 is 6.04 Å². The molecule has 1 aliphatic heterocycles. The Kier molecular flexibility index (Phi) is 5.88. The molecule has 1 N–H and O–H groups in total. The average molecular weight is 420 g/mol. The van der Waals surface area contributed by atoms with E-state index in [1.165, 1.54) is 4.90 Å². The van der Waals surface area contributed by atoms with E-state index >= 15 is 0 Å². The van der Waals surface area contributed by atoms with Crippen LogP contribution < -0.4 is 19.7 Å². The number of para-hydroxylation sites is 2. The van der Waals surface area contributed by atoms with Crippen LogP contribution in [0.3, 0.4) is 0 Å². The van der Waals surface area contributed by atoms with Gasteiger partial charge in [0.15, 0.2) is 0 Å². The van der Waals surface area contributed by atoms with Crippen LogP contribution in [0, 0.1) is 0 Å². The predicted octanol–water partition coefficient (Wildman–Crippen LogP) is 2.45. The van der Waals surface area contributed by atoms with Crippen LogP contribution in [0.25, 0.3) is 0 Å². The van der Waals surface area contributed by atoms with E-state index in [9.17, 15) is 9.59 Å². The van der Waals surface area contributed by atoms with Crippen molar-refractivity contribution in [2.24, 2.45) is 7.05 Å². The zero-order valence-corrected chi connectivity index (χ0v) is 17.4. The SMILES string of the molecule is COc1cccc([C@H](NC(=O)CN2C(=O)CCOc3ccccc32)c2nccn2C)c1. The number of aromatic nitrogens is 2. The Balaban J connectivity index is 1.61. The number of rotatable bonds is 6. The lowest BCUT2D eigenvalue weighted by Gasteiger charge is -2.24. The first kappa shape index (κ1) is 20.5. The fraction of sp³-hybridized carbons (Fsp3) is 0.261. The monoisotopic (exact) mass is 420 g/mol. The maximum atomic E-state index is 13.1. The molecule has 1 aliphatic rings. The van der Waals surface area contributed by atoms with E-state index in [2.05, 4.69) is 10.3 Å². The molecule has 2 heterocycles. The van der Waals surface area contributed by atoms with Gasteiger partial charge in [0.2, 0.25) is 11.8 Å². The highest BCUT2D eigenvalue weighted by atomic mass is 16.5. The highest BCUT2D eigenvalue weighted by molar-refractivity contribution is 6.00. The molecule has 1 atom stereocenters. The summed E-state index contributed by atoms with van der Waals surface area (Å²) in [6.45, 7) is 0.164. The molecule has 2 amide bonds. The van der Waals surface area contributed by atoms with E-state index in [1.807, 2.05) is 54.2 Å². The number of methoxy groups -OCH3 is 1. The Labute approximate surface area is 180 Å². The largest absolute Gasteiger partial charge is 0.497 e. The van der Waals surface area contributed by atoms with Crippen LogP contribution in [0.4, 0.5) is 5.69 Å². The summed E-state index contributed by atoms with van der Waals surface area (Å²) in [6, 6.07) is 14.2. The number of hydrogen-bond acceptors (Lipinski definition) is 5. The number of benzene rings is 2. The number of aryl methyl sites for hydroxylation is 1. The van der Waals surface area contributed by atoms with Gasteiger partial charge in [-0.25, -0.2) is 4.98 Å². The van der Waals surface area contributed by atoms with Crippen molar-refractivity contribution in [2.45, 2.75) is 12.5 Å². The van der Waals surface area contributed by atoms with E-state index in [4.69, 9.17) is 9.47 Å². The number of carbonyl (C=O) groups excluding carboxylic acids is 2. The van der Waals surface area contributed by atoms with Crippen LogP contribution in [-0.4, -0.2) is 41.6 Å². The molecular weight excluding hydrogens is 396 g/mol. The fourth-order valence-electron chi connectivity index (χ4n) is 3.62. The molecule has 8 heteroatoms. The lowest BCUT2D eigenvalue weighted by molar-refractivity contribution is -0.124. The summed E-state index contributed by atoms with van der Waals surface area (Å²) in [4.78, 5) is 31.7. The molecule has 0 fully saturated rings. The van der Waals surface area contributed by atoms with Gasteiger partial charge in [-0.05, 0) is 29.8 Å². The smallest absolute Gasteiger partial charge is 0.240 e. The van der Waals surface area contributed by atoms with Crippen molar-refractivity contribution >= 4 is 17.5 Å². The summed E-state index contributed by atoms with van der Waals surface area (Å²) in [5.41, 5.74) is 1.42. The van der Waals surface area contributed by atoms with E-state index in [0.29, 0.717) is 23.0 Å². The number of amides is 2. The molecule has 0 saturated carbocycles. The first-order valence-corrected chi connectivity index (χ1v) is 9.99. The topological polar surface area (TPSA) is 85.7 Å². The summed E-state index contributed by atoms with van der Waals surface area (Å²) in [6.07, 6.45) is 3.71. The summed E-state index contributed by atoms with van der Waals surface area (Å²) in [5.74, 6) is 1.48. The van der Waals surface area contributed by atoms with Crippen LogP contribution in [0.2, 0.25) is 0 Å². The fourth-order valence-corrected chi connectivity index (χ4v) is 3.62. The molecule has 2 aromatic carbocycles. The van der Waals surface area contributed by atoms with Gasteiger partial charge < -0.3 is 19.4 Å². The van der Waals surface area contributed by atoms with Gasteiger partial charge in [-0.1, -0.05) is 24.3 Å². The summed E-state index contributed by atoms with van der Waals surface area (Å²) in [7, 11) is 3.46. The Morgan fingerprint density at radius 3 is 2.87 bits per heavy atom. The first-order valence-electron chi connectivity index (χ1n) is 9.99. The molecule has 8 nitrogen and oxygen atoms in total. The number of fused-ring (bicyclic) bond motifs is 1. The van der Waals surface area contributed by atoms with Crippen molar-refractivity contribution in [3.63, 3.8) is 0 Å². The van der Waals surface area contributed by atoms with Crippen molar-refractivity contribution in [3.8, 4) is 11.5 Å². The molecule has 31 heavy (non-hydrogen) atoms. The van der Waals surface area contributed by atoms with E-state index in [1.54, 1.807) is 25.4 Å². The lowest BCUT2D eigenvalue weighted by Crippen LogP contribution is -2.42. The molecule has 0 saturated heterocycles. The van der Waals surface area contributed by atoms with Crippen molar-refractivity contribution in [3.05, 3.63) is 72.3 Å². The second-order valence-corrected chi connectivity index (χ2v) is 7.22. The highest BCUT2D eigenvalue weighted by Gasteiger charge is 2.27. The zero-order chi connectivity index (χ0) is 21.8. The van der Waals surface area contributed by atoms with Crippen molar-refractivity contribution in [1.29, 1.82) is 0 Å². The normalized spacial score (nSPS) is 14.3. The Morgan fingerprint density at radius 2 is 2.10 bits per heavy atom. The minimum Gasteiger partial charge on any atom is -0.497 e. The number of nitrogens with zero attached hydrogens (tertiary/aromatic N) is 3. The highest BCUT2D eigenvalue weighted by Crippen LogP contribution is 2.31. The van der Waals surface area contributed by atoms with Gasteiger partial charge in [0.05, 0.1) is 25.8 Å². The summed E-state index contributed by atoms with van der Waals surface area (Å²) >= 11 is 0.